The third-order valence-electron chi connectivity index (χ3n) is 9.10. The lowest BCUT2D eigenvalue weighted by atomic mass is 9.98. The van der Waals surface area contributed by atoms with Crippen LogP contribution in [0.4, 0.5) is 0 Å². The summed E-state index contributed by atoms with van der Waals surface area (Å²) in [6.07, 6.45) is 6.45. The van der Waals surface area contributed by atoms with Crippen LogP contribution in [0.1, 0.15) is 42.1 Å². The number of hydrogen-bond donors (Lipinski definition) is 0. The van der Waals surface area contributed by atoms with E-state index in [9.17, 15) is 0 Å². The highest BCUT2D eigenvalue weighted by atomic mass is 15.0. The predicted molar refractivity (Wildman–Crippen MR) is 185 cm³/mol. The van der Waals surface area contributed by atoms with Crippen molar-refractivity contribution in [3.63, 3.8) is 0 Å². The van der Waals surface area contributed by atoms with Gasteiger partial charge in [-0.15, -0.1) is 0 Å². The topological polar surface area (TPSA) is 26.6 Å². The molecule has 0 fully saturated rings. The number of unbranched alkanes of at least 4 members (excludes halogenated alkanes) is 1. The number of aryl methyl sites for hydroxylation is 6. The second-order valence-corrected chi connectivity index (χ2v) is 11.7. The smallest absolute Gasteiger partial charge is 0.202 e. The Labute approximate surface area is 256 Å². The van der Waals surface area contributed by atoms with Crippen LogP contribution in [0.2, 0.25) is 0 Å². The first-order valence-electron chi connectivity index (χ1n) is 15.1. The van der Waals surface area contributed by atoms with Crippen LogP contribution in [0, 0.1) is 35.1 Å². The molecule has 0 aliphatic rings. The predicted octanol–water partition coefficient (Wildman–Crippen LogP) is 9.50. The van der Waals surface area contributed by atoms with Gasteiger partial charge in [0.1, 0.15) is 12.6 Å². The van der Waals surface area contributed by atoms with E-state index in [-0.39, 0.29) is 7.43 Å². The van der Waals surface area contributed by atoms with Crippen molar-refractivity contribution in [2.75, 3.05) is 0 Å². The molecule has 43 heavy (non-hydrogen) atoms. The van der Waals surface area contributed by atoms with E-state index >= 15 is 0 Å². The maximum absolute atomic E-state index is 4.83. The van der Waals surface area contributed by atoms with Gasteiger partial charge in [0.15, 0.2) is 6.20 Å². The first kappa shape index (κ1) is 30.0. The second-order valence-electron chi connectivity index (χ2n) is 11.7. The number of rotatable bonds is 4. The highest BCUT2D eigenvalue weighted by Crippen LogP contribution is 2.36. The maximum Gasteiger partial charge on any atom is 0.202 e. The van der Waals surface area contributed by atoms with Crippen molar-refractivity contribution in [3.05, 3.63) is 115 Å². The summed E-state index contributed by atoms with van der Waals surface area (Å²) in [6, 6.07) is 26.2. The molecular weight excluding hydrogens is 524 g/mol. The molecule has 4 heterocycles. The summed E-state index contributed by atoms with van der Waals surface area (Å²) in [4.78, 5) is 4.83. The molecule has 0 amide bonds. The summed E-state index contributed by atoms with van der Waals surface area (Å²) in [7, 11) is 4.23. The Balaban J connectivity index is 0.000000186. The van der Waals surface area contributed by atoms with E-state index in [0.717, 1.165) is 12.2 Å². The fraction of sp³-hybridized carbons (Fsp3) is 0.256. The largest absolute Gasteiger partial charge is 0.358 e. The highest BCUT2D eigenvalue weighted by molar-refractivity contribution is 6.12. The summed E-state index contributed by atoms with van der Waals surface area (Å²) >= 11 is 0. The van der Waals surface area contributed by atoms with Crippen LogP contribution in [0.25, 0.3) is 54.9 Å². The van der Waals surface area contributed by atoms with Crippen LogP contribution in [-0.2, 0) is 20.6 Å². The van der Waals surface area contributed by atoms with E-state index in [2.05, 4.69) is 141 Å². The van der Waals surface area contributed by atoms with Crippen LogP contribution in [-0.4, -0.2) is 14.1 Å². The molecule has 4 aromatic heterocycles. The van der Waals surface area contributed by atoms with Crippen LogP contribution in [0.15, 0.2) is 85.2 Å². The van der Waals surface area contributed by atoms with E-state index < -0.39 is 0 Å². The average molecular weight is 569 g/mol. The van der Waals surface area contributed by atoms with Crippen molar-refractivity contribution < 1.29 is 4.57 Å². The van der Waals surface area contributed by atoms with Gasteiger partial charge in [-0.25, -0.2) is 4.57 Å². The Morgan fingerprint density at radius 1 is 0.744 bits per heavy atom. The van der Waals surface area contributed by atoms with Crippen molar-refractivity contribution in [1.29, 1.82) is 0 Å². The molecule has 0 saturated heterocycles. The molecule has 0 unspecified atom stereocenters. The molecule has 4 nitrogen and oxygen atoms in total. The van der Waals surface area contributed by atoms with Gasteiger partial charge in [-0.05, 0) is 74.2 Å². The van der Waals surface area contributed by atoms with Crippen LogP contribution in [0.5, 0.6) is 0 Å². The van der Waals surface area contributed by atoms with E-state index in [0.29, 0.717) is 0 Å². The molecule has 0 aliphatic heterocycles. The lowest BCUT2D eigenvalue weighted by Crippen LogP contribution is -2.31. The Morgan fingerprint density at radius 2 is 1.35 bits per heavy atom. The molecule has 0 radical (unpaired) electrons. The Kier molecular flexibility index (Phi) is 8.41. The van der Waals surface area contributed by atoms with Gasteiger partial charge in [-0.2, -0.15) is 0 Å². The number of para-hydroxylation sites is 2. The van der Waals surface area contributed by atoms with Gasteiger partial charge in [0.25, 0.3) is 0 Å². The SMILES string of the molecule is CCCCn1c2ccccc2c2ccnc(-c3cc(C)c(C)c(C)c3)c21.Cc1c2c(cc[n+]1C)c1ccccc1n2C.[CH3-]. The molecule has 7 rings (SSSR count). The molecule has 0 spiro atoms. The van der Waals surface area contributed by atoms with Gasteiger partial charge in [0.2, 0.25) is 5.69 Å². The Bertz CT molecular complexity index is 2070. The summed E-state index contributed by atoms with van der Waals surface area (Å²) in [5, 5.41) is 5.30. The molecular formula is C39H44N4. The zero-order valence-corrected chi connectivity index (χ0v) is 27.0. The fourth-order valence-electron chi connectivity index (χ4n) is 6.43. The summed E-state index contributed by atoms with van der Waals surface area (Å²) < 4.78 is 6.92. The number of benzene rings is 3. The minimum absolute atomic E-state index is 0. The van der Waals surface area contributed by atoms with Crippen LogP contribution >= 0.6 is 0 Å². The number of fused-ring (bicyclic) bond motifs is 6. The van der Waals surface area contributed by atoms with Gasteiger partial charge in [0, 0.05) is 70.9 Å². The molecule has 220 valence electrons. The van der Waals surface area contributed by atoms with E-state index in [1.165, 1.54) is 84.4 Å². The molecule has 0 aliphatic carbocycles. The molecule has 0 atom stereocenters. The Hall–Kier alpha value is -4.44. The van der Waals surface area contributed by atoms with Gasteiger partial charge in [0.05, 0.1) is 11.2 Å². The van der Waals surface area contributed by atoms with E-state index in [4.69, 9.17) is 4.98 Å². The number of hydrogen-bond acceptors (Lipinski definition) is 1. The van der Waals surface area contributed by atoms with Gasteiger partial charge >= 0.3 is 0 Å². The normalized spacial score (nSPS) is 11.2. The molecule has 7 aromatic rings. The average Bonchev–Trinajstić information content (AvgIpc) is 3.49. The summed E-state index contributed by atoms with van der Waals surface area (Å²) in [5.74, 6) is 0. The second kappa shape index (κ2) is 12.0. The first-order chi connectivity index (χ1) is 20.3. The van der Waals surface area contributed by atoms with Crippen molar-refractivity contribution >= 4 is 43.6 Å². The third kappa shape index (κ3) is 5.09. The number of aromatic nitrogens is 4. The zero-order chi connectivity index (χ0) is 29.5. The van der Waals surface area contributed by atoms with Crippen molar-refractivity contribution in [2.45, 2.75) is 54.0 Å². The van der Waals surface area contributed by atoms with Gasteiger partial charge < -0.3 is 16.6 Å². The van der Waals surface area contributed by atoms with Crippen molar-refractivity contribution in [1.82, 2.24) is 14.1 Å². The lowest BCUT2D eigenvalue weighted by Gasteiger charge is -2.12. The van der Waals surface area contributed by atoms with Crippen molar-refractivity contribution in [2.24, 2.45) is 14.1 Å². The molecule has 0 saturated carbocycles. The highest BCUT2D eigenvalue weighted by Gasteiger charge is 2.17. The van der Waals surface area contributed by atoms with E-state index in [1.54, 1.807) is 0 Å². The maximum atomic E-state index is 4.83. The number of pyridine rings is 2. The minimum Gasteiger partial charge on any atom is -0.358 e. The quantitative estimate of drug-likeness (QED) is 0.153. The lowest BCUT2D eigenvalue weighted by molar-refractivity contribution is -0.676. The monoisotopic (exact) mass is 568 g/mol. The van der Waals surface area contributed by atoms with Gasteiger partial charge in [-0.1, -0.05) is 49.7 Å². The molecule has 0 bridgehead atoms. The van der Waals surface area contributed by atoms with Gasteiger partial charge in [-0.3, -0.25) is 4.98 Å². The fourth-order valence-corrected chi connectivity index (χ4v) is 6.43. The zero-order valence-electron chi connectivity index (χ0n) is 27.0. The van der Waals surface area contributed by atoms with E-state index in [1.807, 2.05) is 6.20 Å². The first-order valence-corrected chi connectivity index (χ1v) is 15.1. The Morgan fingerprint density at radius 3 is 2.02 bits per heavy atom. The van der Waals surface area contributed by atoms with Crippen molar-refractivity contribution in [3.8, 4) is 11.3 Å². The van der Waals surface area contributed by atoms with Crippen LogP contribution < -0.4 is 4.57 Å². The molecule has 4 heteroatoms. The molecule has 0 N–H and O–H groups in total. The van der Waals surface area contributed by atoms with Crippen LogP contribution in [0.3, 0.4) is 0 Å². The summed E-state index contributed by atoms with van der Waals surface area (Å²) in [5.41, 5.74) is 12.8. The third-order valence-corrected chi connectivity index (χ3v) is 9.10. The summed E-state index contributed by atoms with van der Waals surface area (Å²) in [6.45, 7) is 12.0. The number of nitrogens with zero attached hydrogens (tertiary/aromatic N) is 4. The minimum atomic E-state index is 0. The molecule has 3 aromatic carbocycles. The standard InChI is InChI=1S/C24H26N2.C14H15N2.CH3/c1-5-6-13-26-22-10-8-7-9-20(22)21-11-12-25-23(24(21)26)19-14-16(2)18(4)17(3)15-19;1-10-14-12(8-9-15(10)2)11-6-4-5-7-13(11)16(14)3;/h7-12,14-15H,5-6,13H2,1-4H3;4-9H,1-3H3;1H3/q;+1;-1.